The summed E-state index contributed by atoms with van der Waals surface area (Å²) in [6.45, 7) is 6.52. The number of hydrogen-bond acceptors (Lipinski definition) is 6. The highest BCUT2D eigenvalue weighted by atomic mass is 32.1. The van der Waals surface area contributed by atoms with E-state index in [0.717, 1.165) is 21.6 Å². The Morgan fingerprint density at radius 3 is 2.59 bits per heavy atom. The number of ether oxygens (including phenoxy) is 2. The van der Waals surface area contributed by atoms with Gasteiger partial charge in [0.15, 0.2) is 6.61 Å². The molecule has 1 aromatic carbocycles. The highest BCUT2D eigenvalue weighted by Gasteiger charge is 2.27. The van der Waals surface area contributed by atoms with Gasteiger partial charge in [0, 0.05) is 18.5 Å². The third-order valence-electron chi connectivity index (χ3n) is 4.85. The molecule has 3 aromatic rings. The fourth-order valence-corrected chi connectivity index (χ4v) is 4.64. The molecule has 8 heteroatoms. The van der Waals surface area contributed by atoms with Gasteiger partial charge < -0.3 is 14.4 Å². The minimum absolute atomic E-state index is 0.0232. The van der Waals surface area contributed by atoms with E-state index in [-0.39, 0.29) is 24.7 Å². The normalized spacial score (nSPS) is 19.5. The van der Waals surface area contributed by atoms with Crippen LogP contribution >= 0.6 is 11.3 Å². The maximum absolute atomic E-state index is 12.6. The zero-order valence-electron chi connectivity index (χ0n) is 16.6. The quantitative estimate of drug-likeness (QED) is 0.614. The van der Waals surface area contributed by atoms with E-state index >= 15 is 0 Å². The summed E-state index contributed by atoms with van der Waals surface area (Å²) in [5.74, 6) is -0.693. The molecule has 1 fully saturated rings. The number of carbonyl (C=O) groups excluding carboxylic acids is 2. The summed E-state index contributed by atoms with van der Waals surface area (Å²) in [5.41, 5.74) is 1.77. The Bertz CT molecular complexity index is 1030. The van der Waals surface area contributed by atoms with Gasteiger partial charge in [-0.3, -0.25) is 4.79 Å². The van der Waals surface area contributed by atoms with Crippen LogP contribution in [0.5, 0.6) is 0 Å². The van der Waals surface area contributed by atoms with Crippen LogP contribution in [0.3, 0.4) is 0 Å². The molecule has 0 N–H and O–H groups in total. The van der Waals surface area contributed by atoms with Crippen LogP contribution in [0.1, 0.15) is 29.2 Å². The van der Waals surface area contributed by atoms with Crippen LogP contribution in [-0.4, -0.2) is 58.5 Å². The zero-order chi connectivity index (χ0) is 20.5. The number of hydrogen-bond donors (Lipinski definition) is 0. The van der Waals surface area contributed by atoms with Gasteiger partial charge in [-0.1, -0.05) is 18.2 Å². The average Bonchev–Trinajstić information content (AvgIpc) is 3.26. The summed E-state index contributed by atoms with van der Waals surface area (Å²) in [7, 11) is 0. The second kappa shape index (κ2) is 7.96. The van der Waals surface area contributed by atoms with Crippen LogP contribution in [0, 0.1) is 6.92 Å². The molecule has 152 valence electrons. The molecule has 3 heterocycles. The third kappa shape index (κ3) is 4.04. The lowest BCUT2D eigenvalue weighted by atomic mass is 10.2. The van der Waals surface area contributed by atoms with Crippen molar-refractivity contribution in [3.63, 3.8) is 0 Å². The molecule has 2 unspecified atom stereocenters. The molecule has 2 atom stereocenters. The molecule has 1 saturated heterocycles. The van der Waals surface area contributed by atoms with Gasteiger partial charge in [-0.15, -0.1) is 11.3 Å². The first-order chi connectivity index (χ1) is 13.9. The summed E-state index contributed by atoms with van der Waals surface area (Å²) < 4.78 is 12.8. The van der Waals surface area contributed by atoms with E-state index in [1.165, 1.54) is 11.3 Å². The molecule has 7 nitrogen and oxygen atoms in total. The number of aryl methyl sites for hydroxylation is 1. The summed E-state index contributed by atoms with van der Waals surface area (Å²) in [6.07, 6.45) is -0.0465. The van der Waals surface area contributed by atoms with Crippen molar-refractivity contribution in [1.29, 1.82) is 0 Å². The summed E-state index contributed by atoms with van der Waals surface area (Å²) in [5, 5.41) is 5.48. The zero-order valence-corrected chi connectivity index (χ0v) is 17.4. The second-order valence-corrected chi connectivity index (χ2v) is 8.33. The van der Waals surface area contributed by atoms with E-state index in [0.29, 0.717) is 18.0 Å². The van der Waals surface area contributed by atoms with Crippen LogP contribution in [0.4, 0.5) is 0 Å². The average molecular weight is 413 g/mol. The van der Waals surface area contributed by atoms with Crippen molar-refractivity contribution in [2.75, 3.05) is 19.7 Å². The molecular formula is C21H23N3O4S. The first-order valence-corrected chi connectivity index (χ1v) is 10.4. The number of thiophene rings is 1. The molecule has 0 saturated carbocycles. The van der Waals surface area contributed by atoms with E-state index in [1.807, 2.05) is 55.8 Å². The minimum atomic E-state index is -0.493. The molecular weight excluding hydrogens is 390 g/mol. The number of rotatable bonds is 4. The summed E-state index contributed by atoms with van der Waals surface area (Å²) in [6, 6.07) is 11.5. The van der Waals surface area contributed by atoms with E-state index < -0.39 is 5.97 Å². The number of morpholine rings is 1. The van der Waals surface area contributed by atoms with E-state index in [2.05, 4.69) is 5.10 Å². The predicted molar refractivity (Wildman–Crippen MR) is 111 cm³/mol. The predicted octanol–water partition coefficient (Wildman–Crippen LogP) is 3.19. The summed E-state index contributed by atoms with van der Waals surface area (Å²) in [4.78, 5) is 28.0. The fourth-order valence-electron chi connectivity index (χ4n) is 3.56. The maximum atomic E-state index is 12.6. The highest BCUT2D eigenvalue weighted by molar-refractivity contribution is 7.20. The largest absolute Gasteiger partial charge is 0.451 e. The lowest BCUT2D eigenvalue weighted by Gasteiger charge is -2.35. The Kier molecular flexibility index (Phi) is 5.38. The van der Waals surface area contributed by atoms with Crippen molar-refractivity contribution >= 4 is 33.4 Å². The number of amides is 1. The maximum Gasteiger partial charge on any atom is 0.348 e. The number of carbonyl (C=O) groups is 2. The number of para-hydroxylation sites is 1. The van der Waals surface area contributed by atoms with Crippen molar-refractivity contribution in [2.24, 2.45) is 0 Å². The Hall–Kier alpha value is -2.71. The number of aromatic nitrogens is 2. The Balaban J connectivity index is 1.47. The standard InChI is InChI=1S/C21H23N3O4S/c1-13-10-23(11-14(2)28-13)19(25)12-27-21(26)18-9-17-15(3)22-24(20(17)29-18)16-7-5-4-6-8-16/h4-9,13-14H,10-12H2,1-3H3. The number of esters is 1. The van der Waals surface area contributed by atoms with Crippen LogP contribution in [-0.2, 0) is 14.3 Å². The molecule has 0 aliphatic carbocycles. The van der Waals surface area contributed by atoms with Crippen molar-refractivity contribution in [3.05, 3.63) is 47.0 Å². The topological polar surface area (TPSA) is 73.7 Å². The summed E-state index contributed by atoms with van der Waals surface area (Å²) >= 11 is 1.32. The van der Waals surface area contributed by atoms with Crippen molar-refractivity contribution < 1.29 is 19.1 Å². The van der Waals surface area contributed by atoms with Gasteiger partial charge >= 0.3 is 5.97 Å². The van der Waals surface area contributed by atoms with Crippen molar-refractivity contribution in [1.82, 2.24) is 14.7 Å². The highest BCUT2D eigenvalue weighted by Crippen LogP contribution is 2.30. The molecule has 1 aliphatic rings. The lowest BCUT2D eigenvalue weighted by molar-refractivity contribution is -0.146. The Labute approximate surface area is 172 Å². The van der Waals surface area contributed by atoms with Crippen LogP contribution < -0.4 is 0 Å². The molecule has 0 spiro atoms. The smallest absolute Gasteiger partial charge is 0.348 e. The lowest BCUT2D eigenvalue weighted by Crippen LogP contribution is -2.49. The first-order valence-electron chi connectivity index (χ1n) is 9.57. The third-order valence-corrected chi connectivity index (χ3v) is 5.94. The van der Waals surface area contributed by atoms with Gasteiger partial charge in [-0.2, -0.15) is 5.10 Å². The number of benzene rings is 1. The van der Waals surface area contributed by atoms with Gasteiger partial charge in [-0.05, 0) is 39.0 Å². The number of fused-ring (bicyclic) bond motifs is 1. The van der Waals surface area contributed by atoms with Gasteiger partial charge in [0.25, 0.3) is 5.91 Å². The Morgan fingerprint density at radius 2 is 1.90 bits per heavy atom. The number of nitrogens with zero attached hydrogens (tertiary/aromatic N) is 3. The molecule has 2 aromatic heterocycles. The first kappa shape index (κ1) is 19.6. The molecule has 1 amide bonds. The molecule has 0 radical (unpaired) electrons. The molecule has 4 rings (SSSR count). The SMILES string of the molecule is Cc1nn(-c2ccccc2)c2sc(C(=O)OCC(=O)N3CC(C)OC(C)C3)cc12. The van der Waals surface area contributed by atoms with Gasteiger partial charge in [0.05, 0.1) is 23.6 Å². The fraction of sp³-hybridized carbons (Fsp3) is 0.381. The van der Waals surface area contributed by atoms with Crippen molar-refractivity contribution in [2.45, 2.75) is 33.0 Å². The molecule has 0 bridgehead atoms. The van der Waals surface area contributed by atoms with Crippen LogP contribution in [0.2, 0.25) is 0 Å². The van der Waals surface area contributed by atoms with Crippen LogP contribution in [0.25, 0.3) is 15.9 Å². The molecule has 29 heavy (non-hydrogen) atoms. The van der Waals surface area contributed by atoms with E-state index in [9.17, 15) is 9.59 Å². The van der Waals surface area contributed by atoms with E-state index in [1.54, 1.807) is 11.0 Å². The van der Waals surface area contributed by atoms with Crippen molar-refractivity contribution in [3.8, 4) is 5.69 Å². The van der Waals surface area contributed by atoms with Crippen LogP contribution in [0.15, 0.2) is 36.4 Å². The van der Waals surface area contributed by atoms with Gasteiger partial charge in [0.1, 0.15) is 9.71 Å². The minimum Gasteiger partial charge on any atom is -0.451 e. The molecule has 1 aliphatic heterocycles. The second-order valence-electron chi connectivity index (χ2n) is 7.29. The van der Waals surface area contributed by atoms with Gasteiger partial charge in [-0.25, -0.2) is 9.48 Å². The van der Waals surface area contributed by atoms with Gasteiger partial charge in [0.2, 0.25) is 0 Å². The Morgan fingerprint density at radius 1 is 1.21 bits per heavy atom. The monoisotopic (exact) mass is 413 g/mol. The van der Waals surface area contributed by atoms with E-state index in [4.69, 9.17) is 9.47 Å².